The van der Waals surface area contributed by atoms with E-state index in [-0.39, 0.29) is 12.5 Å². The Kier molecular flexibility index (Phi) is 7.49. The number of nitrogens with one attached hydrogen (secondary N) is 1. The van der Waals surface area contributed by atoms with Crippen molar-refractivity contribution in [2.24, 2.45) is 0 Å². The Hall–Kier alpha value is -2.14. The lowest BCUT2D eigenvalue weighted by Crippen LogP contribution is -2.30. The Bertz CT molecular complexity index is 643. The van der Waals surface area contributed by atoms with Gasteiger partial charge in [0.05, 0.1) is 7.11 Å². The number of aryl methyl sites for hydroxylation is 1. The summed E-state index contributed by atoms with van der Waals surface area (Å²) in [5.74, 6) is 3.14. The van der Waals surface area contributed by atoms with Crippen LogP contribution >= 0.6 is 11.8 Å². The summed E-state index contributed by atoms with van der Waals surface area (Å²) in [6.45, 7) is 2.76. The molecule has 4 nitrogen and oxygen atoms in total. The molecule has 2 aromatic carbocycles. The molecule has 2 aromatic rings. The fourth-order valence-electron chi connectivity index (χ4n) is 2.13. The first-order chi connectivity index (χ1) is 11.7. The monoisotopic (exact) mass is 345 g/mol. The normalized spacial score (nSPS) is 10.2. The van der Waals surface area contributed by atoms with Gasteiger partial charge in [0.25, 0.3) is 5.91 Å². The molecule has 0 aromatic heterocycles. The highest BCUT2D eigenvalue weighted by atomic mass is 32.2. The molecule has 0 aliphatic heterocycles. The molecule has 128 valence electrons. The van der Waals surface area contributed by atoms with Crippen LogP contribution in [0.4, 0.5) is 0 Å². The minimum Gasteiger partial charge on any atom is -0.497 e. The molecule has 0 heterocycles. The molecule has 1 amide bonds. The van der Waals surface area contributed by atoms with Crippen molar-refractivity contribution in [3.63, 3.8) is 0 Å². The molecule has 0 saturated carbocycles. The zero-order valence-corrected chi connectivity index (χ0v) is 14.9. The van der Waals surface area contributed by atoms with E-state index in [0.29, 0.717) is 12.3 Å². The molecular formula is C19H23NO3S. The number of hydrogen-bond donors (Lipinski definition) is 1. The van der Waals surface area contributed by atoms with Crippen LogP contribution in [0.3, 0.4) is 0 Å². The SMILES string of the molecule is COc1ccc(OCC(=O)NCCSCc2cccc(C)c2)cc1. The van der Waals surface area contributed by atoms with Crippen LogP contribution in [0.25, 0.3) is 0 Å². The van der Waals surface area contributed by atoms with E-state index in [1.54, 1.807) is 43.1 Å². The van der Waals surface area contributed by atoms with E-state index in [1.807, 2.05) is 0 Å². The summed E-state index contributed by atoms with van der Waals surface area (Å²) in [7, 11) is 1.61. The van der Waals surface area contributed by atoms with Gasteiger partial charge in [-0.25, -0.2) is 0 Å². The van der Waals surface area contributed by atoms with E-state index in [0.717, 1.165) is 17.3 Å². The van der Waals surface area contributed by atoms with Crippen LogP contribution in [0.15, 0.2) is 48.5 Å². The standard InChI is InChI=1S/C19H23NO3S/c1-15-4-3-5-16(12-15)14-24-11-10-20-19(21)13-23-18-8-6-17(22-2)7-9-18/h3-9,12H,10-11,13-14H2,1-2H3,(H,20,21). The average Bonchev–Trinajstić information content (AvgIpc) is 2.60. The molecule has 0 unspecified atom stereocenters. The van der Waals surface area contributed by atoms with Crippen molar-refractivity contribution in [3.05, 3.63) is 59.7 Å². The van der Waals surface area contributed by atoms with Crippen molar-refractivity contribution in [1.82, 2.24) is 5.32 Å². The highest BCUT2D eigenvalue weighted by Gasteiger charge is 2.03. The summed E-state index contributed by atoms with van der Waals surface area (Å²) >= 11 is 1.81. The topological polar surface area (TPSA) is 47.6 Å². The summed E-state index contributed by atoms with van der Waals surface area (Å²) in [5, 5.41) is 2.86. The fraction of sp³-hybridized carbons (Fsp3) is 0.316. The molecule has 0 fully saturated rings. The van der Waals surface area contributed by atoms with E-state index >= 15 is 0 Å². The Morgan fingerprint density at radius 2 is 1.88 bits per heavy atom. The van der Waals surface area contributed by atoms with Crippen LogP contribution in [0.2, 0.25) is 0 Å². The van der Waals surface area contributed by atoms with Crippen LogP contribution in [-0.2, 0) is 10.5 Å². The lowest BCUT2D eigenvalue weighted by Gasteiger charge is -2.08. The number of rotatable bonds is 9. The molecule has 0 spiro atoms. The highest BCUT2D eigenvalue weighted by Crippen LogP contribution is 2.16. The van der Waals surface area contributed by atoms with Crippen molar-refractivity contribution in [2.75, 3.05) is 26.0 Å². The first-order valence-electron chi connectivity index (χ1n) is 7.84. The van der Waals surface area contributed by atoms with Crippen molar-refractivity contribution in [1.29, 1.82) is 0 Å². The second kappa shape index (κ2) is 9.88. The van der Waals surface area contributed by atoms with Gasteiger partial charge in [-0.2, -0.15) is 11.8 Å². The second-order valence-corrected chi connectivity index (χ2v) is 6.46. The maximum Gasteiger partial charge on any atom is 0.257 e. The van der Waals surface area contributed by atoms with Gasteiger partial charge in [-0.1, -0.05) is 29.8 Å². The zero-order valence-electron chi connectivity index (χ0n) is 14.1. The minimum atomic E-state index is -0.109. The fourth-order valence-corrected chi connectivity index (χ4v) is 2.93. The minimum absolute atomic E-state index is 0.0227. The van der Waals surface area contributed by atoms with Gasteiger partial charge in [-0.3, -0.25) is 4.79 Å². The number of hydrogen-bond acceptors (Lipinski definition) is 4. The van der Waals surface area contributed by atoms with E-state index in [4.69, 9.17) is 9.47 Å². The Balaban J connectivity index is 1.57. The third-order valence-corrected chi connectivity index (χ3v) is 4.38. The van der Waals surface area contributed by atoms with Gasteiger partial charge in [0.1, 0.15) is 11.5 Å². The molecule has 0 aliphatic carbocycles. The van der Waals surface area contributed by atoms with Gasteiger partial charge in [0.15, 0.2) is 6.61 Å². The predicted molar refractivity (Wildman–Crippen MR) is 98.8 cm³/mol. The number of carbonyl (C=O) groups excluding carboxylic acids is 1. The van der Waals surface area contributed by atoms with Gasteiger partial charge in [-0.05, 0) is 36.8 Å². The maximum atomic E-state index is 11.7. The van der Waals surface area contributed by atoms with Crippen molar-refractivity contribution in [3.8, 4) is 11.5 Å². The van der Waals surface area contributed by atoms with Gasteiger partial charge in [-0.15, -0.1) is 0 Å². The molecule has 0 atom stereocenters. The molecule has 0 radical (unpaired) electrons. The summed E-state index contributed by atoms with van der Waals surface area (Å²) in [4.78, 5) is 11.7. The average molecular weight is 345 g/mol. The quantitative estimate of drug-likeness (QED) is 0.707. The summed E-state index contributed by atoms with van der Waals surface area (Å²) in [6, 6.07) is 15.6. The number of methoxy groups -OCH3 is 1. The molecule has 24 heavy (non-hydrogen) atoms. The summed E-state index contributed by atoms with van der Waals surface area (Å²) in [6.07, 6.45) is 0. The first kappa shape index (κ1) is 18.2. The predicted octanol–water partition coefficient (Wildman–Crippen LogP) is 3.43. The van der Waals surface area contributed by atoms with Crippen LogP contribution in [0.1, 0.15) is 11.1 Å². The van der Waals surface area contributed by atoms with Crippen LogP contribution < -0.4 is 14.8 Å². The molecule has 0 saturated heterocycles. The Labute approximate surface area is 147 Å². The highest BCUT2D eigenvalue weighted by molar-refractivity contribution is 7.98. The lowest BCUT2D eigenvalue weighted by molar-refractivity contribution is -0.122. The van der Waals surface area contributed by atoms with E-state index in [9.17, 15) is 4.79 Å². The third kappa shape index (κ3) is 6.54. The maximum absolute atomic E-state index is 11.7. The Morgan fingerprint density at radius 3 is 2.58 bits per heavy atom. The van der Waals surface area contributed by atoms with Gasteiger partial charge in [0.2, 0.25) is 0 Å². The molecule has 2 rings (SSSR count). The number of carbonyl (C=O) groups is 1. The molecule has 1 N–H and O–H groups in total. The van der Waals surface area contributed by atoms with E-state index in [1.165, 1.54) is 11.1 Å². The van der Waals surface area contributed by atoms with Crippen LogP contribution in [-0.4, -0.2) is 31.9 Å². The first-order valence-corrected chi connectivity index (χ1v) is 8.99. The number of ether oxygens (including phenoxy) is 2. The van der Waals surface area contributed by atoms with Crippen LogP contribution in [0, 0.1) is 6.92 Å². The van der Waals surface area contributed by atoms with Gasteiger partial charge >= 0.3 is 0 Å². The number of benzene rings is 2. The number of amides is 1. The summed E-state index contributed by atoms with van der Waals surface area (Å²) in [5.41, 5.74) is 2.59. The largest absolute Gasteiger partial charge is 0.497 e. The zero-order chi connectivity index (χ0) is 17.2. The summed E-state index contributed by atoms with van der Waals surface area (Å²) < 4.78 is 10.5. The number of thioether (sulfide) groups is 1. The lowest BCUT2D eigenvalue weighted by atomic mass is 10.2. The second-order valence-electron chi connectivity index (χ2n) is 5.36. The van der Waals surface area contributed by atoms with E-state index < -0.39 is 0 Å². The smallest absolute Gasteiger partial charge is 0.257 e. The van der Waals surface area contributed by atoms with Crippen molar-refractivity contribution in [2.45, 2.75) is 12.7 Å². The van der Waals surface area contributed by atoms with Gasteiger partial charge < -0.3 is 14.8 Å². The van der Waals surface area contributed by atoms with Crippen molar-refractivity contribution < 1.29 is 14.3 Å². The third-order valence-electron chi connectivity index (χ3n) is 3.35. The molecule has 5 heteroatoms. The molecular weight excluding hydrogens is 322 g/mol. The van der Waals surface area contributed by atoms with Crippen molar-refractivity contribution >= 4 is 17.7 Å². The molecule has 0 bridgehead atoms. The van der Waals surface area contributed by atoms with Crippen LogP contribution in [0.5, 0.6) is 11.5 Å². The molecule has 0 aliphatic rings. The van der Waals surface area contributed by atoms with Gasteiger partial charge in [0, 0.05) is 18.1 Å². The Morgan fingerprint density at radius 1 is 1.12 bits per heavy atom. The van der Waals surface area contributed by atoms with E-state index in [2.05, 4.69) is 36.5 Å².